The van der Waals surface area contributed by atoms with Crippen LogP contribution in [-0.4, -0.2) is 26.7 Å². The van der Waals surface area contributed by atoms with Crippen LogP contribution in [0.25, 0.3) is 10.9 Å². The summed E-state index contributed by atoms with van der Waals surface area (Å²) in [6.07, 6.45) is 2.34. The number of carbonyl (C=O) groups is 1. The quantitative estimate of drug-likeness (QED) is 0.419. The summed E-state index contributed by atoms with van der Waals surface area (Å²) in [4.78, 5) is 15.6. The highest BCUT2D eigenvalue weighted by Crippen LogP contribution is 2.23. The van der Waals surface area contributed by atoms with Crippen LogP contribution in [0.1, 0.15) is 21.8 Å². The molecule has 0 saturated carbocycles. The number of nitrogens with zero attached hydrogens (tertiary/aromatic N) is 2. The predicted octanol–water partition coefficient (Wildman–Crippen LogP) is 4.12. The third-order valence-electron chi connectivity index (χ3n) is 3.86. The monoisotopic (exact) mass is 349 g/mol. The van der Waals surface area contributed by atoms with Crippen molar-refractivity contribution in [2.75, 3.05) is 5.75 Å². The first-order chi connectivity index (χ1) is 12.3. The number of nitrogens with one attached hydrogen (secondary N) is 1. The molecule has 0 unspecified atom stereocenters. The Hall–Kier alpha value is -2.86. The number of hydrogen-bond donors (Lipinski definition) is 1. The van der Waals surface area contributed by atoms with Gasteiger partial charge < -0.3 is 9.40 Å². The number of ketones is 1. The number of aromatic amines is 1. The summed E-state index contributed by atoms with van der Waals surface area (Å²) in [7, 11) is 0. The molecule has 25 heavy (non-hydrogen) atoms. The lowest BCUT2D eigenvalue weighted by molar-refractivity contribution is 0.102. The van der Waals surface area contributed by atoms with E-state index in [1.165, 1.54) is 11.8 Å². The van der Waals surface area contributed by atoms with Gasteiger partial charge in [0.05, 0.1) is 12.2 Å². The lowest BCUT2D eigenvalue weighted by Crippen LogP contribution is -2.01. The van der Waals surface area contributed by atoms with Crippen molar-refractivity contribution < 1.29 is 9.21 Å². The Morgan fingerprint density at radius 1 is 1.04 bits per heavy atom. The second kappa shape index (κ2) is 6.94. The van der Waals surface area contributed by atoms with Gasteiger partial charge in [0.2, 0.25) is 5.89 Å². The second-order valence-corrected chi connectivity index (χ2v) is 6.51. The van der Waals surface area contributed by atoms with Crippen LogP contribution in [-0.2, 0) is 6.42 Å². The Labute approximate surface area is 148 Å². The Kier molecular flexibility index (Phi) is 4.35. The molecule has 6 heteroatoms. The van der Waals surface area contributed by atoms with E-state index in [-0.39, 0.29) is 11.5 Å². The number of hydrogen-bond acceptors (Lipinski definition) is 5. The SMILES string of the molecule is O=C(CSc1nnc(Cc2ccccc2)o1)c1c[nH]c2ccccc12. The van der Waals surface area contributed by atoms with Crippen molar-refractivity contribution in [2.24, 2.45) is 0 Å². The van der Waals surface area contributed by atoms with Gasteiger partial charge in [-0.25, -0.2) is 0 Å². The van der Waals surface area contributed by atoms with E-state index in [1.807, 2.05) is 54.6 Å². The zero-order chi connectivity index (χ0) is 17.1. The molecule has 0 aliphatic carbocycles. The minimum atomic E-state index is 0.0326. The number of rotatable bonds is 6. The predicted molar refractivity (Wildman–Crippen MR) is 96.9 cm³/mol. The van der Waals surface area contributed by atoms with Crippen molar-refractivity contribution in [3.8, 4) is 0 Å². The van der Waals surface area contributed by atoms with Crippen molar-refractivity contribution in [3.05, 3.63) is 77.8 Å². The first-order valence-corrected chi connectivity index (χ1v) is 8.86. The van der Waals surface area contributed by atoms with E-state index in [0.29, 0.717) is 23.1 Å². The van der Waals surface area contributed by atoms with E-state index in [9.17, 15) is 4.79 Å². The van der Waals surface area contributed by atoms with Gasteiger partial charge in [-0.3, -0.25) is 4.79 Å². The zero-order valence-corrected chi connectivity index (χ0v) is 14.1. The normalized spacial score (nSPS) is 11.0. The molecule has 0 aliphatic rings. The fourth-order valence-corrected chi connectivity index (χ4v) is 3.31. The number of para-hydroxylation sites is 1. The van der Waals surface area contributed by atoms with E-state index in [4.69, 9.17) is 4.42 Å². The average molecular weight is 349 g/mol. The molecule has 0 saturated heterocycles. The summed E-state index contributed by atoms with van der Waals surface area (Å²) in [5.41, 5.74) is 2.75. The number of aromatic nitrogens is 3. The number of fused-ring (bicyclic) bond motifs is 1. The summed E-state index contributed by atoms with van der Waals surface area (Å²) >= 11 is 1.26. The molecule has 0 amide bonds. The molecule has 2 heterocycles. The molecule has 2 aromatic heterocycles. The Morgan fingerprint density at radius 2 is 1.84 bits per heavy atom. The number of Topliss-reactive ketones (excluding diaryl/α,β-unsaturated/α-hetero) is 1. The summed E-state index contributed by atoms with van der Waals surface area (Å²) in [5, 5.41) is 9.41. The zero-order valence-electron chi connectivity index (χ0n) is 13.3. The first kappa shape index (κ1) is 15.7. The summed E-state index contributed by atoms with van der Waals surface area (Å²) in [5.74, 6) is 0.841. The van der Waals surface area contributed by atoms with Gasteiger partial charge in [0.25, 0.3) is 5.22 Å². The molecule has 0 atom stereocenters. The summed E-state index contributed by atoms with van der Waals surface area (Å²) in [6, 6.07) is 17.7. The van der Waals surface area contributed by atoms with Crippen molar-refractivity contribution in [1.82, 2.24) is 15.2 Å². The molecule has 1 N–H and O–H groups in total. The highest BCUT2D eigenvalue weighted by molar-refractivity contribution is 7.99. The van der Waals surface area contributed by atoms with Gasteiger partial charge in [0.15, 0.2) is 5.78 Å². The van der Waals surface area contributed by atoms with Crippen LogP contribution in [0.2, 0.25) is 0 Å². The molecule has 0 aliphatic heterocycles. The Balaban J connectivity index is 1.41. The summed E-state index contributed by atoms with van der Waals surface area (Å²) < 4.78 is 5.62. The maximum Gasteiger partial charge on any atom is 0.277 e. The number of thioether (sulfide) groups is 1. The lowest BCUT2D eigenvalue weighted by Gasteiger charge is -1.97. The van der Waals surface area contributed by atoms with Gasteiger partial charge in [-0.2, -0.15) is 0 Å². The van der Waals surface area contributed by atoms with Crippen LogP contribution in [0, 0.1) is 0 Å². The Bertz CT molecular complexity index is 1010. The van der Waals surface area contributed by atoms with Gasteiger partial charge >= 0.3 is 0 Å². The molecule has 0 spiro atoms. The fourth-order valence-electron chi connectivity index (χ4n) is 2.65. The minimum Gasteiger partial charge on any atom is -0.416 e. The molecular weight excluding hydrogens is 334 g/mol. The van der Waals surface area contributed by atoms with E-state index in [2.05, 4.69) is 15.2 Å². The molecule has 0 radical (unpaired) electrons. The summed E-state index contributed by atoms with van der Waals surface area (Å²) in [6.45, 7) is 0. The van der Waals surface area contributed by atoms with Crippen molar-refractivity contribution in [3.63, 3.8) is 0 Å². The largest absolute Gasteiger partial charge is 0.416 e. The maximum absolute atomic E-state index is 12.5. The van der Waals surface area contributed by atoms with Gasteiger partial charge in [-0.1, -0.05) is 60.3 Å². The van der Waals surface area contributed by atoms with E-state index >= 15 is 0 Å². The van der Waals surface area contributed by atoms with Gasteiger partial charge in [0, 0.05) is 22.7 Å². The number of H-pyrrole nitrogens is 1. The molecule has 0 bridgehead atoms. The highest BCUT2D eigenvalue weighted by Gasteiger charge is 2.14. The van der Waals surface area contributed by atoms with Gasteiger partial charge in [-0.05, 0) is 11.6 Å². The standard InChI is InChI=1S/C19H15N3O2S/c23-17(15-11-20-16-9-5-4-8-14(15)16)12-25-19-22-21-18(24-19)10-13-6-2-1-3-7-13/h1-9,11,20H,10,12H2. The van der Waals surface area contributed by atoms with Crippen LogP contribution < -0.4 is 0 Å². The molecule has 124 valence electrons. The Morgan fingerprint density at radius 3 is 2.72 bits per heavy atom. The lowest BCUT2D eigenvalue weighted by atomic mass is 10.1. The third kappa shape index (κ3) is 3.49. The van der Waals surface area contributed by atoms with Gasteiger partial charge in [-0.15, -0.1) is 10.2 Å². The molecule has 2 aromatic carbocycles. The molecule has 0 fully saturated rings. The van der Waals surface area contributed by atoms with E-state index in [0.717, 1.165) is 16.5 Å². The average Bonchev–Trinajstić information content (AvgIpc) is 3.27. The molecule has 5 nitrogen and oxygen atoms in total. The maximum atomic E-state index is 12.5. The third-order valence-corrected chi connectivity index (χ3v) is 4.68. The van der Waals surface area contributed by atoms with Gasteiger partial charge in [0.1, 0.15) is 0 Å². The van der Waals surface area contributed by atoms with Crippen LogP contribution in [0.15, 0.2) is 70.4 Å². The van der Waals surface area contributed by atoms with Crippen molar-refractivity contribution in [1.29, 1.82) is 0 Å². The molecule has 4 rings (SSSR count). The first-order valence-electron chi connectivity index (χ1n) is 7.88. The smallest absolute Gasteiger partial charge is 0.277 e. The number of benzene rings is 2. The molecule has 4 aromatic rings. The van der Waals surface area contributed by atoms with Crippen LogP contribution in [0.5, 0.6) is 0 Å². The number of carbonyl (C=O) groups excluding carboxylic acids is 1. The molecular formula is C19H15N3O2S. The van der Waals surface area contributed by atoms with Crippen molar-refractivity contribution in [2.45, 2.75) is 11.6 Å². The van der Waals surface area contributed by atoms with E-state index < -0.39 is 0 Å². The van der Waals surface area contributed by atoms with Crippen LogP contribution in [0.3, 0.4) is 0 Å². The minimum absolute atomic E-state index is 0.0326. The van der Waals surface area contributed by atoms with Crippen LogP contribution in [0.4, 0.5) is 0 Å². The topological polar surface area (TPSA) is 71.8 Å². The van der Waals surface area contributed by atoms with E-state index in [1.54, 1.807) is 6.20 Å². The van der Waals surface area contributed by atoms with Crippen LogP contribution >= 0.6 is 11.8 Å². The fraction of sp³-hybridized carbons (Fsp3) is 0.105. The highest BCUT2D eigenvalue weighted by atomic mass is 32.2. The second-order valence-electron chi connectivity index (χ2n) is 5.58. The van der Waals surface area contributed by atoms with Crippen molar-refractivity contribution >= 4 is 28.4 Å².